The number of para-hydroxylation sites is 1. The Morgan fingerprint density at radius 1 is 1.19 bits per heavy atom. The van der Waals surface area contributed by atoms with Crippen LogP contribution in [0.15, 0.2) is 48.7 Å². The minimum absolute atomic E-state index is 0.0376. The summed E-state index contributed by atoms with van der Waals surface area (Å²) in [5.74, 6) is 1.58. The number of aromatic nitrogens is 1. The van der Waals surface area contributed by atoms with E-state index in [1.807, 2.05) is 37.4 Å². The molecular formula is C22H22N2O3. The lowest BCUT2D eigenvalue weighted by Crippen LogP contribution is -2.27. The monoisotopic (exact) mass is 362 g/mol. The third kappa shape index (κ3) is 3.03. The number of amides is 1. The van der Waals surface area contributed by atoms with Crippen LogP contribution >= 0.6 is 0 Å². The second kappa shape index (κ2) is 6.34. The van der Waals surface area contributed by atoms with Crippen molar-refractivity contribution in [3.63, 3.8) is 0 Å². The van der Waals surface area contributed by atoms with Crippen molar-refractivity contribution in [2.75, 3.05) is 6.79 Å². The zero-order valence-corrected chi connectivity index (χ0v) is 15.3. The number of nitrogens with one attached hydrogen (secondary N) is 1. The Kier molecular flexibility index (Phi) is 3.81. The summed E-state index contributed by atoms with van der Waals surface area (Å²) in [4.78, 5) is 12.7. The maximum atomic E-state index is 12.7. The fourth-order valence-electron chi connectivity index (χ4n) is 3.89. The van der Waals surface area contributed by atoms with Gasteiger partial charge in [-0.25, -0.2) is 0 Å². The molecule has 0 radical (unpaired) electrons. The first kappa shape index (κ1) is 16.2. The van der Waals surface area contributed by atoms with Gasteiger partial charge < -0.3 is 19.4 Å². The summed E-state index contributed by atoms with van der Waals surface area (Å²) in [6, 6.07) is 14.7. The van der Waals surface area contributed by atoms with Crippen LogP contribution in [0.1, 0.15) is 36.3 Å². The number of nitrogens with zero attached hydrogens (tertiary/aromatic N) is 1. The van der Waals surface area contributed by atoms with Gasteiger partial charge >= 0.3 is 0 Å². The molecule has 2 aliphatic rings. The number of fused-ring (bicyclic) bond motifs is 2. The van der Waals surface area contributed by atoms with Crippen LogP contribution in [0.25, 0.3) is 10.9 Å². The van der Waals surface area contributed by atoms with E-state index in [9.17, 15) is 4.79 Å². The lowest BCUT2D eigenvalue weighted by Gasteiger charge is -2.18. The van der Waals surface area contributed by atoms with Crippen molar-refractivity contribution >= 4 is 16.8 Å². The number of hydrogen-bond acceptors (Lipinski definition) is 3. The van der Waals surface area contributed by atoms with Crippen LogP contribution in [-0.2, 0) is 11.8 Å². The third-order valence-electron chi connectivity index (χ3n) is 5.43. The molecular weight excluding hydrogens is 340 g/mol. The predicted molar refractivity (Wildman–Crippen MR) is 103 cm³/mol. The minimum Gasteiger partial charge on any atom is -0.454 e. The molecule has 0 unspecified atom stereocenters. The largest absolute Gasteiger partial charge is 0.454 e. The smallest absolute Gasteiger partial charge is 0.231 e. The van der Waals surface area contributed by atoms with E-state index in [1.54, 1.807) is 0 Å². The zero-order chi connectivity index (χ0) is 18.4. The molecule has 3 aromatic rings. The molecule has 1 N–H and O–H groups in total. The summed E-state index contributed by atoms with van der Waals surface area (Å²) in [6.45, 7) is 0.250. The first-order valence-corrected chi connectivity index (χ1v) is 9.42. The second-order valence-corrected chi connectivity index (χ2v) is 7.42. The highest BCUT2D eigenvalue weighted by Crippen LogP contribution is 2.40. The molecule has 1 aromatic heterocycles. The minimum atomic E-state index is -0.0376. The molecule has 1 amide bonds. The first-order chi connectivity index (χ1) is 13.2. The highest BCUT2D eigenvalue weighted by Gasteiger charge is 2.28. The summed E-state index contributed by atoms with van der Waals surface area (Å²) < 4.78 is 13.1. The molecule has 138 valence electrons. The maximum Gasteiger partial charge on any atom is 0.231 e. The summed E-state index contributed by atoms with van der Waals surface area (Å²) in [5.41, 5.74) is 3.40. The van der Waals surface area contributed by atoms with Crippen molar-refractivity contribution in [1.82, 2.24) is 9.88 Å². The van der Waals surface area contributed by atoms with Gasteiger partial charge in [-0.05, 0) is 42.2 Å². The molecule has 5 heteroatoms. The van der Waals surface area contributed by atoms with Gasteiger partial charge in [0.1, 0.15) is 0 Å². The van der Waals surface area contributed by atoms with E-state index in [1.165, 1.54) is 10.9 Å². The number of rotatable bonds is 5. The highest BCUT2D eigenvalue weighted by atomic mass is 16.7. The number of hydrogen-bond donors (Lipinski definition) is 1. The van der Waals surface area contributed by atoms with Gasteiger partial charge in [-0.3, -0.25) is 4.79 Å². The van der Waals surface area contributed by atoms with E-state index < -0.39 is 0 Å². The molecule has 1 atom stereocenters. The summed E-state index contributed by atoms with van der Waals surface area (Å²) in [7, 11) is 2.05. The van der Waals surface area contributed by atoms with Crippen LogP contribution in [0.5, 0.6) is 11.5 Å². The normalized spacial score (nSPS) is 16.5. The lowest BCUT2D eigenvalue weighted by atomic mass is 9.87. The van der Waals surface area contributed by atoms with E-state index in [2.05, 4.69) is 28.2 Å². The number of benzene rings is 2. The quantitative estimate of drug-likeness (QED) is 0.753. The molecule has 5 nitrogen and oxygen atoms in total. The molecule has 0 spiro atoms. The number of ether oxygens (including phenoxy) is 2. The fraction of sp³-hybridized carbons (Fsp3) is 0.318. The van der Waals surface area contributed by atoms with Crippen molar-refractivity contribution in [3.8, 4) is 11.5 Å². The molecule has 1 fully saturated rings. The van der Waals surface area contributed by atoms with Gasteiger partial charge in [0.25, 0.3) is 0 Å². The Bertz CT molecular complexity index is 1020. The van der Waals surface area contributed by atoms with Gasteiger partial charge in [-0.1, -0.05) is 24.3 Å². The van der Waals surface area contributed by atoms with Gasteiger partial charge in [0.2, 0.25) is 12.7 Å². The van der Waals surface area contributed by atoms with Gasteiger partial charge in [0.05, 0.1) is 0 Å². The van der Waals surface area contributed by atoms with E-state index >= 15 is 0 Å². The predicted octanol–water partition coefficient (Wildman–Crippen LogP) is 3.71. The van der Waals surface area contributed by atoms with E-state index in [0.29, 0.717) is 12.5 Å². The van der Waals surface area contributed by atoms with Gasteiger partial charge in [-0.15, -0.1) is 0 Å². The number of carbonyl (C=O) groups is 1. The van der Waals surface area contributed by atoms with Crippen LogP contribution in [0, 0.1) is 0 Å². The fourth-order valence-corrected chi connectivity index (χ4v) is 3.89. The Morgan fingerprint density at radius 2 is 2.00 bits per heavy atom. The average molecular weight is 362 g/mol. The zero-order valence-electron chi connectivity index (χ0n) is 15.3. The number of carbonyl (C=O) groups excluding carboxylic acids is 1. The Morgan fingerprint density at radius 3 is 2.85 bits per heavy atom. The molecule has 2 aromatic carbocycles. The highest BCUT2D eigenvalue weighted by molar-refractivity contribution is 5.86. The van der Waals surface area contributed by atoms with E-state index in [0.717, 1.165) is 35.5 Å². The van der Waals surface area contributed by atoms with E-state index in [-0.39, 0.29) is 18.6 Å². The van der Waals surface area contributed by atoms with Crippen LogP contribution in [0.2, 0.25) is 0 Å². The van der Waals surface area contributed by atoms with Gasteiger partial charge in [0.15, 0.2) is 11.5 Å². The maximum absolute atomic E-state index is 12.7. The molecule has 5 rings (SSSR count). The summed E-state index contributed by atoms with van der Waals surface area (Å²) in [5, 5.41) is 4.31. The summed E-state index contributed by atoms with van der Waals surface area (Å²) in [6.07, 6.45) is 4.75. The first-order valence-electron chi connectivity index (χ1n) is 9.42. The molecule has 1 saturated carbocycles. The van der Waals surface area contributed by atoms with Crippen molar-refractivity contribution < 1.29 is 14.3 Å². The topological polar surface area (TPSA) is 52.5 Å². The molecule has 1 aliphatic carbocycles. The van der Waals surface area contributed by atoms with Crippen molar-refractivity contribution in [2.45, 2.75) is 31.2 Å². The van der Waals surface area contributed by atoms with Crippen molar-refractivity contribution in [3.05, 3.63) is 59.8 Å². The van der Waals surface area contributed by atoms with Crippen molar-refractivity contribution in [1.29, 1.82) is 0 Å². The third-order valence-corrected chi connectivity index (χ3v) is 5.43. The molecule has 2 heterocycles. The van der Waals surface area contributed by atoms with Crippen molar-refractivity contribution in [2.24, 2.45) is 7.05 Å². The van der Waals surface area contributed by atoms with Gasteiger partial charge in [0, 0.05) is 42.5 Å². The SMILES string of the molecule is Cn1cc([C@@H](CC(=O)NC2CC2)c2ccc3c(c2)OCO3)c2ccccc21. The van der Waals surface area contributed by atoms with Crippen LogP contribution in [0.4, 0.5) is 0 Å². The molecule has 1 aliphatic heterocycles. The second-order valence-electron chi connectivity index (χ2n) is 7.42. The Hall–Kier alpha value is -2.95. The molecule has 0 saturated heterocycles. The number of aryl methyl sites for hydroxylation is 1. The average Bonchev–Trinajstić information content (AvgIpc) is 3.25. The Balaban J connectivity index is 1.57. The summed E-state index contributed by atoms with van der Waals surface area (Å²) >= 11 is 0. The van der Waals surface area contributed by atoms with Crippen LogP contribution in [0.3, 0.4) is 0 Å². The lowest BCUT2D eigenvalue weighted by molar-refractivity contribution is -0.121. The standard InChI is InChI=1S/C22H22N2O3/c1-24-12-18(16-4-2-3-5-19(16)24)17(11-22(25)23-15-7-8-15)14-6-9-20-21(10-14)27-13-26-20/h2-6,9-10,12,15,17H,7-8,11,13H2,1H3,(H,23,25)/t17-/m0/s1. The Labute approximate surface area is 157 Å². The van der Waals surface area contributed by atoms with Crippen LogP contribution < -0.4 is 14.8 Å². The van der Waals surface area contributed by atoms with Crippen LogP contribution in [-0.4, -0.2) is 23.3 Å². The van der Waals surface area contributed by atoms with Gasteiger partial charge in [-0.2, -0.15) is 0 Å². The van der Waals surface area contributed by atoms with E-state index in [4.69, 9.17) is 9.47 Å². The molecule has 0 bridgehead atoms. The molecule has 27 heavy (non-hydrogen) atoms.